The molecule has 0 heterocycles. The van der Waals surface area contributed by atoms with E-state index < -0.39 is 17.9 Å². The molecule has 0 unspecified atom stereocenters. The molecule has 0 saturated carbocycles. The third-order valence-electron chi connectivity index (χ3n) is 2.65. The molecule has 0 aromatic heterocycles. The number of rotatable bonds is 8. The number of urea groups is 1. The molecule has 0 radical (unpaired) electrons. The van der Waals surface area contributed by atoms with E-state index in [2.05, 4.69) is 10.6 Å². The van der Waals surface area contributed by atoms with Crippen molar-refractivity contribution in [2.75, 3.05) is 13.1 Å². The van der Waals surface area contributed by atoms with Gasteiger partial charge in [-0.2, -0.15) is 0 Å². The largest absolute Gasteiger partial charge is 0.463 e. The van der Waals surface area contributed by atoms with E-state index in [0.717, 1.165) is 0 Å². The van der Waals surface area contributed by atoms with Crippen LogP contribution in [0.3, 0.4) is 0 Å². The summed E-state index contributed by atoms with van der Waals surface area (Å²) in [5.74, 6) is -1.58. The van der Waals surface area contributed by atoms with Gasteiger partial charge in [0.1, 0.15) is 0 Å². The predicted octanol–water partition coefficient (Wildman–Crippen LogP) is 1.46. The highest BCUT2D eigenvalue weighted by Gasteiger charge is 2.18. The molecule has 22 heavy (non-hydrogen) atoms. The van der Waals surface area contributed by atoms with Gasteiger partial charge in [0.2, 0.25) is 0 Å². The van der Waals surface area contributed by atoms with Crippen LogP contribution in [-0.2, 0) is 19.1 Å². The molecule has 0 bridgehead atoms. The minimum Gasteiger partial charge on any atom is -0.463 e. The topological polar surface area (TPSA) is 93.7 Å². The zero-order valence-electron chi connectivity index (χ0n) is 14.3. The van der Waals surface area contributed by atoms with Crippen molar-refractivity contribution in [3.05, 3.63) is 0 Å². The Morgan fingerprint density at radius 1 is 0.727 bits per heavy atom. The second kappa shape index (κ2) is 10.0. The summed E-state index contributed by atoms with van der Waals surface area (Å²) in [7, 11) is 0. The van der Waals surface area contributed by atoms with Crippen LogP contribution in [0.2, 0.25) is 0 Å². The maximum atomic E-state index is 11.6. The number of esters is 2. The number of nitrogens with one attached hydrogen (secondary N) is 2. The van der Waals surface area contributed by atoms with Gasteiger partial charge >= 0.3 is 18.0 Å². The van der Waals surface area contributed by atoms with Crippen molar-refractivity contribution in [3.8, 4) is 0 Å². The van der Waals surface area contributed by atoms with Crippen LogP contribution in [0.1, 0.15) is 41.5 Å². The Labute approximate surface area is 132 Å². The first-order valence-corrected chi connectivity index (χ1v) is 7.56. The van der Waals surface area contributed by atoms with Gasteiger partial charge < -0.3 is 20.1 Å². The maximum Gasteiger partial charge on any atom is 0.314 e. The monoisotopic (exact) mass is 316 g/mol. The summed E-state index contributed by atoms with van der Waals surface area (Å²) >= 11 is 0. The molecule has 7 nitrogen and oxygen atoms in total. The van der Waals surface area contributed by atoms with Crippen molar-refractivity contribution < 1.29 is 23.9 Å². The normalized spacial score (nSPS) is 13.5. The van der Waals surface area contributed by atoms with E-state index >= 15 is 0 Å². The van der Waals surface area contributed by atoms with E-state index in [-0.39, 0.29) is 37.2 Å². The second-order valence-corrected chi connectivity index (χ2v) is 5.86. The van der Waals surface area contributed by atoms with Crippen LogP contribution in [0.4, 0.5) is 4.79 Å². The number of hydrogen-bond acceptors (Lipinski definition) is 5. The number of carbonyl (C=O) groups excluding carboxylic acids is 3. The van der Waals surface area contributed by atoms with E-state index in [1.54, 1.807) is 41.5 Å². The van der Waals surface area contributed by atoms with Crippen molar-refractivity contribution in [1.29, 1.82) is 0 Å². The van der Waals surface area contributed by atoms with Gasteiger partial charge in [-0.25, -0.2) is 4.79 Å². The molecule has 128 valence electrons. The average Bonchev–Trinajstić information content (AvgIpc) is 2.40. The van der Waals surface area contributed by atoms with Crippen LogP contribution < -0.4 is 10.6 Å². The van der Waals surface area contributed by atoms with Gasteiger partial charge in [0, 0.05) is 13.1 Å². The lowest BCUT2D eigenvalue weighted by Gasteiger charge is -2.16. The third-order valence-corrected chi connectivity index (χ3v) is 2.65. The van der Waals surface area contributed by atoms with Crippen LogP contribution in [0.15, 0.2) is 0 Å². The minimum absolute atomic E-state index is 0.169. The smallest absolute Gasteiger partial charge is 0.314 e. The van der Waals surface area contributed by atoms with Gasteiger partial charge in [0.05, 0.1) is 24.0 Å². The minimum atomic E-state index is -0.437. The third kappa shape index (κ3) is 9.20. The molecule has 2 N–H and O–H groups in total. The fourth-order valence-electron chi connectivity index (χ4n) is 1.42. The lowest BCUT2D eigenvalue weighted by molar-refractivity contribution is -0.152. The quantitative estimate of drug-likeness (QED) is 0.661. The molecule has 0 spiro atoms. The van der Waals surface area contributed by atoms with Gasteiger partial charge in [0.25, 0.3) is 0 Å². The highest BCUT2D eigenvalue weighted by molar-refractivity contribution is 5.77. The summed E-state index contributed by atoms with van der Waals surface area (Å²) in [5, 5.41) is 5.14. The molecule has 2 amide bonds. The standard InChI is InChI=1S/C15H28N2O5/c1-9(2)21-13(18)11(5)7-16-15(20)17-8-12(6)14(19)22-10(3)4/h9-12H,7-8H2,1-6H3,(H2,16,17,20)/t11-,12-/m0/s1. The first-order chi connectivity index (χ1) is 10.1. The molecule has 0 aromatic carbocycles. The van der Waals surface area contributed by atoms with E-state index in [4.69, 9.17) is 9.47 Å². The van der Waals surface area contributed by atoms with E-state index in [9.17, 15) is 14.4 Å². The van der Waals surface area contributed by atoms with E-state index in [1.165, 1.54) is 0 Å². The lowest BCUT2D eigenvalue weighted by Crippen LogP contribution is -2.42. The van der Waals surface area contributed by atoms with Crippen LogP contribution in [0.5, 0.6) is 0 Å². The predicted molar refractivity (Wildman–Crippen MR) is 82.2 cm³/mol. The zero-order valence-corrected chi connectivity index (χ0v) is 14.3. The van der Waals surface area contributed by atoms with Gasteiger partial charge in [-0.1, -0.05) is 13.8 Å². The SMILES string of the molecule is CC(C)OC(=O)[C@@H](C)CNC(=O)NC[C@H](C)C(=O)OC(C)C. The van der Waals surface area contributed by atoms with Gasteiger partial charge in [-0.15, -0.1) is 0 Å². The van der Waals surface area contributed by atoms with Gasteiger partial charge in [-0.05, 0) is 27.7 Å². The number of ether oxygens (including phenoxy) is 2. The summed E-state index contributed by atoms with van der Waals surface area (Å²) in [6.45, 7) is 10.8. The molecule has 0 saturated heterocycles. The molecule has 0 rings (SSSR count). The van der Waals surface area contributed by atoms with Crippen LogP contribution >= 0.6 is 0 Å². The average molecular weight is 316 g/mol. The first kappa shape index (κ1) is 20.2. The Bertz CT molecular complexity index is 348. The summed E-state index contributed by atoms with van der Waals surface area (Å²) < 4.78 is 10.1. The van der Waals surface area contributed by atoms with Crippen molar-refractivity contribution in [2.45, 2.75) is 53.8 Å². The molecule has 0 aromatic rings. The second-order valence-electron chi connectivity index (χ2n) is 5.86. The highest BCUT2D eigenvalue weighted by Crippen LogP contribution is 2.01. The summed E-state index contributed by atoms with van der Waals surface area (Å²) in [6.07, 6.45) is -0.367. The molecule has 2 atom stereocenters. The lowest BCUT2D eigenvalue weighted by atomic mass is 10.2. The molecular weight excluding hydrogens is 288 g/mol. The van der Waals surface area contributed by atoms with Crippen LogP contribution in [-0.4, -0.2) is 43.3 Å². The van der Waals surface area contributed by atoms with Crippen molar-refractivity contribution in [2.24, 2.45) is 11.8 Å². The molecule has 0 aliphatic rings. The fourth-order valence-corrected chi connectivity index (χ4v) is 1.42. The van der Waals surface area contributed by atoms with Crippen molar-refractivity contribution in [1.82, 2.24) is 10.6 Å². The van der Waals surface area contributed by atoms with E-state index in [0.29, 0.717) is 0 Å². The van der Waals surface area contributed by atoms with Gasteiger partial charge in [-0.3, -0.25) is 9.59 Å². The Kier molecular flexibility index (Phi) is 9.21. The number of hydrogen-bond donors (Lipinski definition) is 2. The van der Waals surface area contributed by atoms with Crippen LogP contribution in [0.25, 0.3) is 0 Å². The van der Waals surface area contributed by atoms with E-state index in [1.807, 2.05) is 0 Å². The Hall–Kier alpha value is -1.79. The summed E-state index contributed by atoms with van der Waals surface area (Å²) in [6, 6.07) is -0.437. The first-order valence-electron chi connectivity index (χ1n) is 7.56. The summed E-state index contributed by atoms with van der Waals surface area (Å²) in [4.78, 5) is 34.8. The molecule has 0 aliphatic carbocycles. The molecule has 0 fully saturated rings. The molecular formula is C15H28N2O5. The molecule has 0 aliphatic heterocycles. The maximum absolute atomic E-state index is 11.6. The van der Waals surface area contributed by atoms with Crippen molar-refractivity contribution >= 4 is 18.0 Å². The number of amides is 2. The highest BCUT2D eigenvalue weighted by atomic mass is 16.5. The molecule has 7 heteroatoms. The fraction of sp³-hybridized carbons (Fsp3) is 0.800. The Morgan fingerprint density at radius 3 is 1.32 bits per heavy atom. The van der Waals surface area contributed by atoms with Gasteiger partial charge in [0.15, 0.2) is 0 Å². The van der Waals surface area contributed by atoms with Crippen molar-refractivity contribution in [3.63, 3.8) is 0 Å². The van der Waals surface area contributed by atoms with Crippen LogP contribution in [0, 0.1) is 11.8 Å². The Morgan fingerprint density at radius 2 is 1.05 bits per heavy atom. The number of carbonyl (C=O) groups is 3. The summed E-state index contributed by atoms with van der Waals surface area (Å²) in [5.41, 5.74) is 0. The Balaban J connectivity index is 4.00. The zero-order chi connectivity index (χ0) is 17.3.